The molecule has 2 amide bonds. The molecule has 0 atom stereocenters. The molecule has 9 heteroatoms. The van der Waals surface area contributed by atoms with Gasteiger partial charge in [0.1, 0.15) is 5.76 Å². The average molecular weight is 554 g/mol. The number of anilines is 1. The third kappa shape index (κ3) is 7.68. The van der Waals surface area contributed by atoms with Crippen molar-refractivity contribution in [3.63, 3.8) is 0 Å². The smallest absolute Gasteiger partial charge is 0.321 e. The Kier molecular flexibility index (Phi) is 9.80. The van der Waals surface area contributed by atoms with Gasteiger partial charge in [-0.1, -0.05) is 32.9 Å². The molecule has 2 aromatic rings. The van der Waals surface area contributed by atoms with Crippen molar-refractivity contribution in [1.29, 1.82) is 0 Å². The lowest BCUT2D eigenvalue weighted by molar-refractivity contribution is 0.222. The zero-order valence-corrected chi connectivity index (χ0v) is 21.7. The number of aliphatic imine (C=N–C) groups is 1. The Morgan fingerprint density at radius 1 is 1.22 bits per heavy atom. The zero-order chi connectivity index (χ0) is 22.3. The van der Waals surface area contributed by atoms with Crippen LogP contribution in [0.25, 0.3) is 0 Å². The molecule has 1 aliphatic heterocycles. The standard InChI is InChI=1S/C23H34N6O2.HI/c1-5-24-21(27-16-20-25-15-19(31-20)23(2,3)4)26-14-17-9-8-10-18(13-17)28-22(30)29-11-6-7-12-29;/h8-10,13,15H,5-7,11-12,14,16H2,1-4H3,(H,28,30)(H2,24,26,27);1H. The van der Waals surface area contributed by atoms with Crippen molar-refractivity contribution in [3.05, 3.63) is 47.7 Å². The van der Waals surface area contributed by atoms with Crippen LogP contribution in [-0.2, 0) is 18.5 Å². The van der Waals surface area contributed by atoms with E-state index in [1.54, 1.807) is 6.20 Å². The predicted molar refractivity (Wildman–Crippen MR) is 139 cm³/mol. The summed E-state index contributed by atoms with van der Waals surface area (Å²) in [5.74, 6) is 2.17. The fraction of sp³-hybridized carbons (Fsp3) is 0.522. The molecule has 1 fully saturated rings. The van der Waals surface area contributed by atoms with Crippen LogP contribution < -0.4 is 16.0 Å². The second-order valence-corrected chi connectivity index (χ2v) is 8.74. The van der Waals surface area contributed by atoms with E-state index < -0.39 is 0 Å². The fourth-order valence-corrected chi connectivity index (χ4v) is 3.28. The first-order chi connectivity index (χ1) is 14.8. The lowest BCUT2D eigenvalue weighted by atomic mass is 9.94. The van der Waals surface area contributed by atoms with Gasteiger partial charge in [-0.15, -0.1) is 24.0 Å². The summed E-state index contributed by atoms with van der Waals surface area (Å²) in [7, 11) is 0. The molecule has 0 spiro atoms. The Hall–Kier alpha value is -2.30. The first-order valence-corrected chi connectivity index (χ1v) is 11.0. The zero-order valence-electron chi connectivity index (χ0n) is 19.4. The van der Waals surface area contributed by atoms with E-state index in [0.717, 1.165) is 49.5 Å². The summed E-state index contributed by atoms with van der Waals surface area (Å²) in [6.07, 6.45) is 3.93. The van der Waals surface area contributed by atoms with Gasteiger partial charge in [-0.2, -0.15) is 0 Å². The molecule has 0 unspecified atom stereocenters. The van der Waals surface area contributed by atoms with E-state index in [2.05, 4.69) is 46.7 Å². The van der Waals surface area contributed by atoms with Crippen molar-refractivity contribution in [1.82, 2.24) is 20.5 Å². The van der Waals surface area contributed by atoms with E-state index in [9.17, 15) is 4.79 Å². The Labute approximate surface area is 207 Å². The summed E-state index contributed by atoms with van der Waals surface area (Å²) in [4.78, 5) is 23.2. The van der Waals surface area contributed by atoms with Crippen LogP contribution in [0.15, 0.2) is 39.9 Å². The van der Waals surface area contributed by atoms with Gasteiger partial charge < -0.3 is 25.3 Å². The lowest BCUT2D eigenvalue weighted by Crippen LogP contribution is -2.36. The molecule has 0 saturated carbocycles. The van der Waals surface area contributed by atoms with Gasteiger partial charge in [-0.05, 0) is 37.5 Å². The van der Waals surface area contributed by atoms with Gasteiger partial charge in [0, 0.05) is 30.7 Å². The SMILES string of the molecule is CCNC(=NCc1cccc(NC(=O)N2CCCC2)c1)NCc1ncc(C(C)(C)C)o1.I. The second kappa shape index (κ2) is 12.1. The largest absolute Gasteiger partial charge is 0.443 e. The molecule has 1 saturated heterocycles. The fourth-order valence-electron chi connectivity index (χ4n) is 3.28. The van der Waals surface area contributed by atoms with Crippen LogP contribution >= 0.6 is 24.0 Å². The molecule has 1 aromatic carbocycles. The minimum absolute atomic E-state index is 0. The molecule has 0 aliphatic carbocycles. The number of rotatable bonds is 6. The Morgan fingerprint density at radius 2 is 1.97 bits per heavy atom. The van der Waals surface area contributed by atoms with Crippen LogP contribution in [0, 0.1) is 0 Å². The normalized spacial score (nSPS) is 14.1. The first-order valence-electron chi connectivity index (χ1n) is 11.0. The average Bonchev–Trinajstić information content (AvgIpc) is 3.42. The highest BCUT2D eigenvalue weighted by atomic mass is 127. The molecular weight excluding hydrogens is 519 g/mol. The van der Waals surface area contributed by atoms with Gasteiger partial charge in [-0.25, -0.2) is 14.8 Å². The molecule has 32 heavy (non-hydrogen) atoms. The van der Waals surface area contributed by atoms with Crippen LogP contribution in [0.4, 0.5) is 10.5 Å². The van der Waals surface area contributed by atoms with Gasteiger partial charge in [0.25, 0.3) is 0 Å². The molecule has 2 heterocycles. The Balaban J connectivity index is 0.00000363. The first kappa shape index (κ1) is 26.0. The number of carbonyl (C=O) groups excluding carboxylic acids is 1. The summed E-state index contributed by atoms with van der Waals surface area (Å²) < 4.78 is 5.83. The number of guanidine groups is 1. The number of benzene rings is 1. The van der Waals surface area contributed by atoms with Crippen molar-refractivity contribution >= 4 is 41.7 Å². The maximum atomic E-state index is 12.3. The number of nitrogens with zero attached hydrogens (tertiary/aromatic N) is 3. The van der Waals surface area contributed by atoms with Gasteiger partial charge in [0.2, 0.25) is 5.89 Å². The van der Waals surface area contributed by atoms with Gasteiger partial charge in [0.15, 0.2) is 5.96 Å². The molecule has 176 valence electrons. The van der Waals surface area contributed by atoms with Crippen molar-refractivity contribution in [2.45, 2.75) is 59.0 Å². The number of oxazole rings is 1. The Morgan fingerprint density at radius 3 is 2.62 bits per heavy atom. The minimum atomic E-state index is -0.0704. The van der Waals surface area contributed by atoms with E-state index in [1.807, 2.05) is 36.1 Å². The van der Waals surface area contributed by atoms with Crippen molar-refractivity contribution < 1.29 is 9.21 Å². The number of hydrogen-bond acceptors (Lipinski definition) is 4. The van der Waals surface area contributed by atoms with Crippen LogP contribution in [0.2, 0.25) is 0 Å². The molecule has 3 rings (SSSR count). The third-order valence-electron chi connectivity index (χ3n) is 5.04. The van der Waals surface area contributed by atoms with Crippen molar-refractivity contribution in [2.75, 3.05) is 25.0 Å². The second-order valence-electron chi connectivity index (χ2n) is 8.74. The summed E-state index contributed by atoms with van der Waals surface area (Å²) in [5.41, 5.74) is 1.73. The molecule has 3 N–H and O–H groups in total. The topological polar surface area (TPSA) is 94.8 Å². The van der Waals surface area contributed by atoms with Crippen molar-refractivity contribution in [2.24, 2.45) is 4.99 Å². The highest BCUT2D eigenvalue weighted by molar-refractivity contribution is 14.0. The highest BCUT2D eigenvalue weighted by Gasteiger charge is 2.19. The predicted octanol–water partition coefficient (Wildman–Crippen LogP) is 4.47. The van der Waals surface area contributed by atoms with Crippen LogP contribution in [0.1, 0.15) is 57.8 Å². The van der Waals surface area contributed by atoms with Crippen LogP contribution in [0.5, 0.6) is 0 Å². The number of likely N-dealkylation sites (tertiary alicyclic amines) is 1. The lowest BCUT2D eigenvalue weighted by Gasteiger charge is -2.16. The summed E-state index contributed by atoms with van der Waals surface area (Å²) in [6.45, 7) is 11.7. The van der Waals surface area contributed by atoms with Crippen LogP contribution in [-0.4, -0.2) is 41.5 Å². The number of halogens is 1. The number of urea groups is 1. The van der Waals surface area contributed by atoms with Gasteiger partial charge in [-0.3, -0.25) is 0 Å². The van der Waals surface area contributed by atoms with E-state index in [1.165, 1.54) is 0 Å². The maximum absolute atomic E-state index is 12.3. The minimum Gasteiger partial charge on any atom is -0.443 e. The maximum Gasteiger partial charge on any atom is 0.321 e. The highest BCUT2D eigenvalue weighted by Crippen LogP contribution is 2.22. The summed E-state index contributed by atoms with van der Waals surface area (Å²) in [5, 5.41) is 9.48. The number of carbonyl (C=O) groups is 1. The molecule has 1 aliphatic rings. The summed E-state index contributed by atoms with van der Waals surface area (Å²) in [6, 6.07) is 7.77. The third-order valence-corrected chi connectivity index (χ3v) is 5.04. The number of nitrogens with one attached hydrogen (secondary N) is 3. The number of amides is 2. The van der Waals surface area contributed by atoms with E-state index >= 15 is 0 Å². The number of hydrogen-bond donors (Lipinski definition) is 3. The van der Waals surface area contributed by atoms with Crippen molar-refractivity contribution in [3.8, 4) is 0 Å². The monoisotopic (exact) mass is 554 g/mol. The molecular formula is C23H35IN6O2. The van der Waals surface area contributed by atoms with Gasteiger partial charge >= 0.3 is 6.03 Å². The van der Waals surface area contributed by atoms with Gasteiger partial charge in [0.05, 0.1) is 19.3 Å². The molecule has 0 radical (unpaired) electrons. The van der Waals surface area contributed by atoms with Crippen LogP contribution in [0.3, 0.4) is 0 Å². The van der Waals surface area contributed by atoms with E-state index in [4.69, 9.17) is 4.42 Å². The van der Waals surface area contributed by atoms with E-state index in [0.29, 0.717) is 24.9 Å². The number of aromatic nitrogens is 1. The van der Waals surface area contributed by atoms with E-state index in [-0.39, 0.29) is 35.4 Å². The Bertz CT molecular complexity index is 900. The summed E-state index contributed by atoms with van der Waals surface area (Å²) >= 11 is 0. The molecule has 1 aromatic heterocycles. The molecule has 8 nitrogen and oxygen atoms in total. The quantitative estimate of drug-likeness (QED) is 0.278. The molecule has 0 bridgehead atoms.